The van der Waals surface area contributed by atoms with Crippen LogP contribution in [0.2, 0.25) is 0 Å². The average molecular weight is 522 g/mol. The number of aliphatic hydroxyl groups excluding tert-OH is 1. The van der Waals surface area contributed by atoms with Gasteiger partial charge < -0.3 is 26.8 Å². The molecule has 0 aliphatic carbocycles. The third-order valence-corrected chi connectivity index (χ3v) is 7.51. The second-order valence-corrected chi connectivity index (χ2v) is 11.0. The smallest absolute Gasteiger partial charge is 0.349 e. The van der Waals surface area contributed by atoms with Crippen LogP contribution in [-0.2, 0) is 21.4 Å². The molecule has 12 nitrogen and oxygen atoms in total. The fourth-order valence-corrected chi connectivity index (χ4v) is 4.71. The number of hydrogen-bond donors (Lipinski definition) is 5. The Labute approximate surface area is 210 Å². The molecule has 0 radical (unpaired) electrons. The Hall–Kier alpha value is -2.84. The lowest BCUT2D eigenvalue weighted by atomic mass is 10.0. The van der Waals surface area contributed by atoms with Crippen molar-refractivity contribution in [2.24, 2.45) is 11.5 Å². The maximum Gasteiger partial charge on any atom is 0.349 e. The topological polar surface area (TPSA) is 186 Å². The lowest BCUT2D eigenvalue weighted by Gasteiger charge is -2.29. The van der Waals surface area contributed by atoms with Crippen LogP contribution in [0.15, 0.2) is 46.2 Å². The number of amides is 1. The summed E-state index contributed by atoms with van der Waals surface area (Å²) in [6.07, 6.45) is 5.30. The highest BCUT2D eigenvalue weighted by Crippen LogP contribution is 2.18. The number of nitrogens with zero attached hydrogens (tertiary/aromatic N) is 3. The van der Waals surface area contributed by atoms with Crippen LogP contribution in [0.4, 0.5) is 11.5 Å². The summed E-state index contributed by atoms with van der Waals surface area (Å²) < 4.78 is 29.2. The molecule has 1 amide bonds. The molecule has 1 aliphatic heterocycles. The number of sulfonamides is 1. The highest BCUT2D eigenvalue weighted by molar-refractivity contribution is 7.92. The number of aryl methyl sites for hydroxylation is 1. The van der Waals surface area contributed by atoms with Crippen LogP contribution in [0.1, 0.15) is 32.6 Å². The average Bonchev–Trinajstić information content (AvgIpc) is 2.84. The fraction of sp³-hybridized carbons (Fsp3) is 0.522. The van der Waals surface area contributed by atoms with Gasteiger partial charge in [-0.1, -0.05) is 0 Å². The van der Waals surface area contributed by atoms with E-state index < -0.39 is 33.8 Å². The molecule has 0 saturated carbocycles. The molecular weight excluding hydrogens is 486 g/mol. The molecule has 2 aromatic rings. The summed E-state index contributed by atoms with van der Waals surface area (Å²) >= 11 is 0. The zero-order valence-electron chi connectivity index (χ0n) is 20.4. The number of aromatic nitrogens is 2. The molecule has 7 N–H and O–H groups in total. The van der Waals surface area contributed by atoms with Gasteiger partial charge in [0.25, 0.3) is 10.0 Å². The first-order valence-electron chi connectivity index (χ1n) is 11.9. The van der Waals surface area contributed by atoms with Gasteiger partial charge in [0.05, 0.1) is 11.5 Å². The van der Waals surface area contributed by atoms with E-state index in [1.807, 2.05) is 0 Å². The number of likely N-dealkylation sites (tertiary alicyclic amines) is 1. The second-order valence-electron chi connectivity index (χ2n) is 9.33. The van der Waals surface area contributed by atoms with Gasteiger partial charge in [-0.05, 0) is 82.6 Å². The Kier molecular flexibility index (Phi) is 9.19. The van der Waals surface area contributed by atoms with Gasteiger partial charge in [-0.3, -0.25) is 14.1 Å². The fourth-order valence-electron chi connectivity index (χ4n) is 3.71. The summed E-state index contributed by atoms with van der Waals surface area (Å²) in [6, 6.07) is 7.11. The third-order valence-electron chi connectivity index (χ3n) is 6.14. The van der Waals surface area contributed by atoms with E-state index in [0.29, 0.717) is 18.3 Å². The van der Waals surface area contributed by atoms with Gasteiger partial charge in [0.1, 0.15) is 11.4 Å². The van der Waals surface area contributed by atoms with Crippen molar-refractivity contribution in [2.75, 3.05) is 36.3 Å². The Morgan fingerprint density at radius 1 is 1.17 bits per heavy atom. The second kappa shape index (κ2) is 11.9. The quantitative estimate of drug-likeness (QED) is 0.252. The van der Waals surface area contributed by atoms with Gasteiger partial charge in [0.2, 0.25) is 5.91 Å². The summed E-state index contributed by atoms with van der Waals surface area (Å²) in [5.41, 5.74) is 9.91. The van der Waals surface area contributed by atoms with Crippen LogP contribution in [0.3, 0.4) is 0 Å². The predicted molar refractivity (Wildman–Crippen MR) is 137 cm³/mol. The summed E-state index contributed by atoms with van der Waals surface area (Å²) in [5, 5.41) is 11.7. The van der Waals surface area contributed by atoms with Gasteiger partial charge >= 0.3 is 5.69 Å². The molecule has 198 valence electrons. The van der Waals surface area contributed by atoms with Gasteiger partial charge in [-0.15, -0.1) is 0 Å². The van der Waals surface area contributed by atoms with Gasteiger partial charge in [-0.2, -0.15) is 4.98 Å². The minimum atomic E-state index is -4.01. The number of anilines is 2. The summed E-state index contributed by atoms with van der Waals surface area (Å²) in [5.74, 6) is -0.695. The van der Waals surface area contributed by atoms with Crippen molar-refractivity contribution < 1.29 is 18.3 Å². The van der Waals surface area contributed by atoms with E-state index in [9.17, 15) is 23.1 Å². The molecule has 0 spiro atoms. The Balaban J connectivity index is 1.53. The van der Waals surface area contributed by atoms with E-state index in [4.69, 9.17) is 11.5 Å². The minimum absolute atomic E-state index is 0.0807. The maximum absolute atomic E-state index is 12.7. The molecule has 2 heterocycles. The lowest BCUT2D eigenvalue weighted by molar-refractivity contribution is -0.121. The minimum Gasteiger partial charge on any atom is -0.394 e. The highest BCUT2D eigenvalue weighted by Gasteiger charge is 2.27. The normalized spacial score (nSPS) is 16.9. The molecule has 3 rings (SSSR count). The van der Waals surface area contributed by atoms with Crippen molar-refractivity contribution >= 4 is 27.4 Å². The van der Waals surface area contributed by atoms with Crippen LogP contribution in [0, 0.1) is 0 Å². The van der Waals surface area contributed by atoms with Crippen LogP contribution in [-0.4, -0.2) is 71.7 Å². The third kappa shape index (κ3) is 7.58. The standard InChI is InChI=1S/C23H35N7O5S/c1-23(25,16-31)21(32)26-18-4-6-19(7-5-18)36(34,35)28-20-10-15-30(22(33)27-20)12-3-2-11-29-13-8-17(24)9-14-29/h4-7,10,15,17,31H,2-3,8-9,11-14,16,24-25H2,1H3,(H,26,32)(H,27,28,33)/t23-/m0/s1. The highest BCUT2D eigenvalue weighted by atomic mass is 32.2. The zero-order chi connectivity index (χ0) is 26.3. The molecule has 1 fully saturated rings. The number of hydrogen-bond acceptors (Lipinski definition) is 9. The molecular formula is C23H35N7O5S. The summed E-state index contributed by atoms with van der Waals surface area (Å²) in [4.78, 5) is 30.6. The first-order valence-corrected chi connectivity index (χ1v) is 13.4. The number of carbonyl (C=O) groups is 1. The molecule has 1 aromatic carbocycles. The number of nitrogens with one attached hydrogen (secondary N) is 2. The number of aliphatic hydroxyl groups is 1. The molecule has 1 atom stereocenters. The van der Waals surface area contributed by atoms with Crippen LogP contribution in [0.25, 0.3) is 0 Å². The van der Waals surface area contributed by atoms with Crippen molar-refractivity contribution in [1.82, 2.24) is 14.5 Å². The van der Waals surface area contributed by atoms with Crippen molar-refractivity contribution in [3.05, 3.63) is 47.0 Å². The number of carbonyl (C=O) groups excluding carboxylic acids is 1. The predicted octanol–water partition coefficient (Wildman–Crippen LogP) is -0.104. The number of benzene rings is 1. The number of nitrogens with two attached hydrogens (primary N) is 2. The monoisotopic (exact) mass is 521 g/mol. The van der Waals surface area contributed by atoms with E-state index >= 15 is 0 Å². The molecule has 13 heteroatoms. The summed E-state index contributed by atoms with van der Waals surface area (Å²) in [6.45, 7) is 4.30. The lowest BCUT2D eigenvalue weighted by Crippen LogP contribution is -2.51. The largest absolute Gasteiger partial charge is 0.394 e. The van der Waals surface area contributed by atoms with Crippen molar-refractivity contribution in [1.29, 1.82) is 0 Å². The van der Waals surface area contributed by atoms with E-state index in [-0.39, 0.29) is 10.7 Å². The van der Waals surface area contributed by atoms with E-state index in [1.54, 1.807) is 0 Å². The molecule has 1 aliphatic rings. The van der Waals surface area contributed by atoms with Crippen LogP contribution < -0.4 is 27.2 Å². The van der Waals surface area contributed by atoms with E-state index in [1.165, 1.54) is 48.0 Å². The Morgan fingerprint density at radius 2 is 1.81 bits per heavy atom. The van der Waals surface area contributed by atoms with E-state index in [0.717, 1.165) is 45.3 Å². The molecule has 0 bridgehead atoms. The molecule has 36 heavy (non-hydrogen) atoms. The Morgan fingerprint density at radius 3 is 2.42 bits per heavy atom. The van der Waals surface area contributed by atoms with Crippen molar-refractivity contribution in [3.8, 4) is 0 Å². The first kappa shape index (κ1) is 27.7. The summed E-state index contributed by atoms with van der Waals surface area (Å²) in [7, 11) is -4.01. The van der Waals surface area contributed by atoms with Crippen LogP contribution >= 0.6 is 0 Å². The molecule has 0 unspecified atom stereocenters. The van der Waals surface area contributed by atoms with Crippen molar-refractivity contribution in [2.45, 2.75) is 55.6 Å². The number of unbranched alkanes of at least 4 members (excludes halogenated alkanes) is 1. The zero-order valence-corrected chi connectivity index (χ0v) is 21.2. The van der Waals surface area contributed by atoms with Gasteiger partial charge in [0.15, 0.2) is 0 Å². The van der Waals surface area contributed by atoms with Crippen molar-refractivity contribution in [3.63, 3.8) is 0 Å². The first-order chi connectivity index (χ1) is 17.0. The van der Waals surface area contributed by atoms with Gasteiger partial charge in [-0.25, -0.2) is 13.2 Å². The molecule has 1 aromatic heterocycles. The number of rotatable bonds is 11. The molecule has 1 saturated heterocycles. The number of piperidine rings is 1. The maximum atomic E-state index is 12.7. The Bertz CT molecular complexity index is 1190. The SMILES string of the molecule is C[C@](N)(CO)C(=O)Nc1ccc(S(=O)(=O)Nc2ccn(CCCCN3CCC(N)CC3)c(=O)n2)cc1. The van der Waals surface area contributed by atoms with Crippen LogP contribution in [0.5, 0.6) is 0 Å². The van der Waals surface area contributed by atoms with E-state index in [2.05, 4.69) is 19.9 Å². The van der Waals surface area contributed by atoms with Gasteiger partial charge in [0, 0.05) is 24.5 Å².